The summed E-state index contributed by atoms with van der Waals surface area (Å²) in [6.45, 7) is 15.2. The van der Waals surface area contributed by atoms with Crippen LogP contribution in [0, 0.1) is 45.1 Å². The quantitative estimate of drug-likeness (QED) is 0.0744. The molecule has 3 aliphatic carbocycles. The minimum Gasteiger partial charge on any atom is -0.404 e. The number of guanidine groups is 1. The van der Waals surface area contributed by atoms with E-state index in [2.05, 4.69) is 44.9 Å². The summed E-state index contributed by atoms with van der Waals surface area (Å²) >= 11 is 0. The molecule has 0 radical (unpaired) electrons. The zero-order valence-corrected chi connectivity index (χ0v) is 24.7. The van der Waals surface area contributed by atoms with Gasteiger partial charge in [0.2, 0.25) is 5.91 Å². The van der Waals surface area contributed by atoms with Crippen LogP contribution in [0.15, 0.2) is 4.99 Å². The van der Waals surface area contributed by atoms with Gasteiger partial charge in [0.05, 0.1) is 17.6 Å². The molecule has 4 aliphatic rings. The summed E-state index contributed by atoms with van der Waals surface area (Å²) in [6, 6.07) is 0. The van der Waals surface area contributed by atoms with E-state index in [1.807, 2.05) is 13.8 Å². The molecule has 1 saturated heterocycles. The number of amides is 1. The number of Topliss-reactive ketones (excluding diaryl/α,β-unsaturated/α-hetero) is 1. The van der Waals surface area contributed by atoms with Crippen molar-refractivity contribution >= 4 is 24.8 Å². The Kier molecular flexibility index (Phi) is 10.1. The van der Waals surface area contributed by atoms with Crippen molar-refractivity contribution in [2.24, 2.45) is 45.7 Å². The Bertz CT molecular complexity index is 944. The molecule has 4 N–H and O–H groups in total. The highest BCUT2D eigenvalue weighted by Gasteiger charge is 2.68. The van der Waals surface area contributed by atoms with Crippen LogP contribution < -0.4 is 16.5 Å². The van der Waals surface area contributed by atoms with Gasteiger partial charge in [-0.3, -0.25) is 9.59 Å². The number of aliphatic imine (C=N–C) groups is 1. The second-order valence-corrected chi connectivity index (χ2v) is 13.4. The van der Waals surface area contributed by atoms with Crippen LogP contribution in [0.4, 0.5) is 0 Å². The van der Waals surface area contributed by atoms with Crippen molar-refractivity contribution < 1.29 is 23.9 Å². The Hall–Kier alpha value is -2.21. The van der Waals surface area contributed by atoms with Crippen LogP contribution in [0.5, 0.6) is 0 Å². The zero-order chi connectivity index (χ0) is 29.1. The molecule has 220 valence electrons. The number of hydrogen-bond donors (Lipinski definition) is 3. The number of rotatable bonds is 14. The molecule has 0 aromatic rings. The molecule has 4 rings (SSSR count). The lowest BCUT2D eigenvalue weighted by Gasteiger charge is -2.64. The standard InChI is InChI=1S/C27H48BN5O6/c1-16(2)11-20(34)13-18(9-8-10-30-25(29)32-33(36)37)24(35)31-23(12-17(3)4)28-38-22-15-19-14-21(26(19,5)6)27(22,7)39-28/h16-19,21-23H,8-15H2,1-7H3,(H,31,35)(H3,29,30,32)/t18-,19-,21-,22-,23+,27+/m1/s1. The summed E-state index contributed by atoms with van der Waals surface area (Å²) in [5, 5.41) is 12.9. The molecule has 0 spiro atoms. The summed E-state index contributed by atoms with van der Waals surface area (Å²) in [4.78, 5) is 40.8. The van der Waals surface area contributed by atoms with Crippen LogP contribution in [0.25, 0.3) is 0 Å². The van der Waals surface area contributed by atoms with E-state index in [0.29, 0.717) is 43.4 Å². The number of hydrazine groups is 1. The largest absolute Gasteiger partial charge is 0.481 e. The summed E-state index contributed by atoms with van der Waals surface area (Å²) < 4.78 is 13.2. The van der Waals surface area contributed by atoms with Gasteiger partial charge in [-0.25, -0.2) is 15.1 Å². The number of nitro groups is 1. The second-order valence-electron chi connectivity index (χ2n) is 13.4. The van der Waals surface area contributed by atoms with Gasteiger partial charge in [0.15, 0.2) is 5.03 Å². The number of nitrogens with zero attached hydrogens (tertiary/aromatic N) is 2. The fourth-order valence-corrected chi connectivity index (χ4v) is 6.92. The summed E-state index contributed by atoms with van der Waals surface area (Å²) in [7, 11) is -0.536. The minimum atomic E-state index is -0.775. The zero-order valence-electron chi connectivity index (χ0n) is 24.7. The van der Waals surface area contributed by atoms with Crippen molar-refractivity contribution in [3.8, 4) is 0 Å². The average Bonchev–Trinajstić information content (AvgIpc) is 3.16. The molecule has 1 heterocycles. The fraction of sp³-hybridized carbons (Fsp3) is 0.889. The van der Waals surface area contributed by atoms with E-state index in [4.69, 9.17) is 15.0 Å². The molecule has 3 saturated carbocycles. The molecule has 1 amide bonds. The topological polar surface area (TPSA) is 158 Å². The lowest BCUT2D eigenvalue weighted by molar-refractivity contribution is -0.525. The molecular weight excluding hydrogens is 501 g/mol. The average molecular weight is 550 g/mol. The van der Waals surface area contributed by atoms with Crippen molar-refractivity contribution in [1.29, 1.82) is 0 Å². The number of nitrogens with one attached hydrogen (secondary N) is 2. The van der Waals surface area contributed by atoms with E-state index in [9.17, 15) is 19.7 Å². The molecule has 4 fully saturated rings. The van der Waals surface area contributed by atoms with E-state index in [0.717, 1.165) is 12.8 Å². The van der Waals surface area contributed by atoms with Crippen molar-refractivity contribution in [2.45, 2.75) is 111 Å². The first-order valence-corrected chi connectivity index (χ1v) is 14.5. The fourth-order valence-electron chi connectivity index (χ4n) is 6.92. The number of hydrogen-bond acceptors (Lipinski definition) is 7. The first-order valence-electron chi connectivity index (χ1n) is 14.5. The predicted molar refractivity (Wildman–Crippen MR) is 150 cm³/mol. The highest BCUT2D eigenvalue weighted by molar-refractivity contribution is 6.47. The van der Waals surface area contributed by atoms with Crippen LogP contribution in [0.2, 0.25) is 0 Å². The number of carbonyl (C=O) groups is 2. The van der Waals surface area contributed by atoms with E-state index in [-0.39, 0.29) is 59.6 Å². The van der Waals surface area contributed by atoms with Crippen LogP contribution in [0.3, 0.4) is 0 Å². The molecule has 39 heavy (non-hydrogen) atoms. The first kappa shape index (κ1) is 31.3. The van der Waals surface area contributed by atoms with Crippen molar-refractivity contribution in [2.75, 3.05) is 6.54 Å². The maximum absolute atomic E-state index is 13.6. The van der Waals surface area contributed by atoms with Gasteiger partial charge in [0.25, 0.3) is 5.96 Å². The SMILES string of the molecule is CC(C)CC(=O)C[C@@H](CCCN=C(N)N[N+](=O)[O-])C(=O)N[C@@H](CC(C)C)B1O[C@@H]2C[C@H]3C[C@H](C3(C)C)[C@]2(C)O1. The van der Waals surface area contributed by atoms with Crippen molar-refractivity contribution in [3.05, 3.63) is 10.1 Å². The summed E-state index contributed by atoms with van der Waals surface area (Å²) in [6.07, 6.45) is 4.24. The molecule has 2 bridgehead atoms. The molecule has 12 heteroatoms. The maximum Gasteiger partial charge on any atom is 0.481 e. The van der Waals surface area contributed by atoms with Gasteiger partial charge in [0.1, 0.15) is 5.78 Å². The van der Waals surface area contributed by atoms with Gasteiger partial charge in [-0.1, -0.05) is 47.0 Å². The Labute approximate surface area is 233 Å². The number of nitrogens with two attached hydrogens (primary N) is 1. The lowest BCUT2D eigenvalue weighted by Crippen LogP contribution is -2.65. The molecule has 6 atom stereocenters. The normalized spacial score (nSPS) is 29.0. The third kappa shape index (κ3) is 7.51. The number of ketones is 1. The smallest absolute Gasteiger partial charge is 0.404 e. The van der Waals surface area contributed by atoms with Gasteiger partial charge >= 0.3 is 7.12 Å². The monoisotopic (exact) mass is 549 g/mol. The molecule has 1 aliphatic heterocycles. The third-order valence-electron chi connectivity index (χ3n) is 9.03. The molecule has 0 unspecified atom stereocenters. The lowest BCUT2D eigenvalue weighted by atomic mass is 9.43. The van der Waals surface area contributed by atoms with Crippen LogP contribution in [-0.4, -0.2) is 54.0 Å². The molecule has 0 aromatic heterocycles. The Morgan fingerprint density at radius 1 is 1.15 bits per heavy atom. The van der Waals surface area contributed by atoms with Crippen molar-refractivity contribution in [1.82, 2.24) is 10.7 Å². The first-order chi connectivity index (χ1) is 18.1. The van der Waals surface area contributed by atoms with E-state index in [1.54, 1.807) is 5.43 Å². The molecule has 11 nitrogen and oxygen atoms in total. The van der Waals surface area contributed by atoms with Gasteiger partial charge in [0, 0.05) is 25.3 Å². The van der Waals surface area contributed by atoms with E-state index < -0.39 is 18.1 Å². The highest BCUT2D eigenvalue weighted by atomic mass is 16.7. The Morgan fingerprint density at radius 3 is 2.44 bits per heavy atom. The number of carbonyl (C=O) groups excluding carboxylic acids is 2. The van der Waals surface area contributed by atoms with Gasteiger partial charge in [-0.15, -0.1) is 0 Å². The van der Waals surface area contributed by atoms with Gasteiger partial charge in [-0.2, -0.15) is 0 Å². The van der Waals surface area contributed by atoms with Crippen LogP contribution in [-0.2, 0) is 18.9 Å². The predicted octanol–water partition coefficient (Wildman–Crippen LogP) is 3.28. The van der Waals surface area contributed by atoms with E-state index in [1.165, 1.54) is 0 Å². The highest BCUT2D eigenvalue weighted by Crippen LogP contribution is 2.65. The summed E-state index contributed by atoms with van der Waals surface area (Å²) in [5.74, 6) is 0.233. The van der Waals surface area contributed by atoms with Crippen LogP contribution in [0.1, 0.15) is 93.4 Å². The third-order valence-corrected chi connectivity index (χ3v) is 9.03. The second kappa shape index (κ2) is 12.5. The van der Waals surface area contributed by atoms with Crippen molar-refractivity contribution in [3.63, 3.8) is 0 Å². The Balaban J connectivity index is 1.69. The molecule has 0 aromatic carbocycles. The van der Waals surface area contributed by atoms with Gasteiger partial charge in [-0.05, 0) is 68.1 Å². The Morgan fingerprint density at radius 2 is 1.85 bits per heavy atom. The maximum atomic E-state index is 13.6. The summed E-state index contributed by atoms with van der Waals surface area (Å²) in [5.41, 5.74) is 7.16. The minimum absolute atomic E-state index is 0.0188. The molecular formula is C27H48BN5O6. The van der Waals surface area contributed by atoms with E-state index >= 15 is 0 Å². The van der Waals surface area contributed by atoms with Crippen LogP contribution >= 0.6 is 0 Å². The van der Waals surface area contributed by atoms with Gasteiger partial charge < -0.3 is 20.4 Å².